The van der Waals surface area contributed by atoms with Crippen LogP contribution < -0.4 is 4.74 Å². The summed E-state index contributed by atoms with van der Waals surface area (Å²) in [6.45, 7) is 0. The molecule has 0 amide bonds. The Morgan fingerprint density at radius 3 is 2.71 bits per heavy atom. The van der Waals surface area contributed by atoms with Crippen LogP contribution in [0.1, 0.15) is 5.69 Å². The highest BCUT2D eigenvalue weighted by Gasteiger charge is 2.10. The highest BCUT2D eigenvalue weighted by Crippen LogP contribution is 2.24. The number of rotatable bonds is 4. The summed E-state index contributed by atoms with van der Waals surface area (Å²) in [4.78, 5) is 10.7. The van der Waals surface area contributed by atoms with Gasteiger partial charge in [0.1, 0.15) is 5.75 Å². The number of hydrogen-bond acceptors (Lipinski definition) is 3. The van der Waals surface area contributed by atoms with E-state index in [-0.39, 0.29) is 6.42 Å². The minimum Gasteiger partial charge on any atom is -0.497 e. The van der Waals surface area contributed by atoms with Crippen LogP contribution in [0, 0.1) is 0 Å². The van der Waals surface area contributed by atoms with Gasteiger partial charge in [0, 0.05) is 5.56 Å². The van der Waals surface area contributed by atoms with Crippen molar-refractivity contribution in [3.05, 3.63) is 36.2 Å². The number of methoxy groups -OCH3 is 1. The van der Waals surface area contributed by atoms with E-state index >= 15 is 0 Å². The Bertz CT molecular complexity index is 517. The predicted octanol–water partition coefficient (Wildman–Crippen LogP) is 1.71. The van der Waals surface area contributed by atoms with Crippen molar-refractivity contribution in [2.75, 3.05) is 7.11 Å². The zero-order chi connectivity index (χ0) is 12.3. The molecule has 5 heteroatoms. The first-order valence-corrected chi connectivity index (χ1v) is 5.09. The lowest BCUT2D eigenvalue weighted by molar-refractivity contribution is -0.136. The molecule has 0 saturated heterocycles. The Morgan fingerprint density at radius 2 is 2.12 bits per heavy atom. The normalized spacial score (nSPS) is 10.2. The second-order valence-corrected chi connectivity index (χ2v) is 3.56. The third kappa shape index (κ3) is 2.44. The Hall–Kier alpha value is -2.30. The van der Waals surface area contributed by atoms with E-state index in [0.29, 0.717) is 5.69 Å². The fourth-order valence-electron chi connectivity index (χ4n) is 1.62. The van der Waals surface area contributed by atoms with Gasteiger partial charge in [-0.1, -0.05) is 12.1 Å². The minimum absolute atomic E-state index is 0.0681. The van der Waals surface area contributed by atoms with Gasteiger partial charge in [-0.2, -0.15) is 5.10 Å². The maximum atomic E-state index is 10.7. The number of hydrogen-bond donors (Lipinski definition) is 2. The van der Waals surface area contributed by atoms with Crippen LogP contribution in [0.5, 0.6) is 5.75 Å². The van der Waals surface area contributed by atoms with Crippen molar-refractivity contribution in [3.8, 4) is 16.9 Å². The molecule has 0 aliphatic carbocycles. The molecule has 0 aliphatic heterocycles. The molecule has 1 aromatic heterocycles. The molecule has 5 nitrogen and oxygen atoms in total. The first-order chi connectivity index (χ1) is 8.20. The van der Waals surface area contributed by atoms with Gasteiger partial charge in [0.2, 0.25) is 0 Å². The number of ether oxygens (including phenoxy) is 1. The van der Waals surface area contributed by atoms with Gasteiger partial charge in [-0.25, -0.2) is 0 Å². The Morgan fingerprint density at radius 1 is 1.41 bits per heavy atom. The lowest BCUT2D eigenvalue weighted by Gasteiger charge is -2.03. The first-order valence-electron chi connectivity index (χ1n) is 5.09. The van der Waals surface area contributed by atoms with Gasteiger partial charge in [-0.15, -0.1) is 0 Å². The Balaban J connectivity index is 2.32. The monoisotopic (exact) mass is 232 g/mol. The van der Waals surface area contributed by atoms with Gasteiger partial charge >= 0.3 is 5.97 Å². The van der Waals surface area contributed by atoms with Crippen LogP contribution in [-0.4, -0.2) is 28.4 Å². The molecule has 0 atom stereocenters. The number of aromatic amines is 1. The van der Waals surface area contributed by atoms with E-state index in [1.807, 2.05) is 24.3 Å². The molecule has 0 spiro atoms. The van der Waals surface area contributed by atoms with Crippen molar-refractivity contribution in [3.63, 3.8) is 0 Å². The van der Waals surface area contributed by atoms with Gasteiger partial charge in [0.15, 0.2) is 0 Å². The summed E-state index contributed by atoms with van der Waals surface area (Å²) in [7, 11) is 1.60. The number of H-pyrrole nitrogens is 1. The summed E-state index contributed by atoms with van der Waals surface area (Å²) < 4.78 is 5.06. The lowest BCUT2D eigenvalue weighted by atomic mass is 10.1. The van der Waals surface area contributed by atoms with E-state index in [2.05, 4.69) is 10.2 Å². The molecule has 0 fully saturated rings. The molecule has 2 rings (SSSR count). The largest absolute Gasteiger partial charge is 0.497 e. The van der Waals surface area contributed by atoms with Crippen molar-refractivity contribution in [2.24, 2.45) is 0 Å². The SMILES string of the molecule is COc1ccc(-c2cn[nH]c2CC(=O)O)cc1. The van der Waals surface area contributed by atoms with E-state index in [1.165, 1.54) is 0 Å². The van der Waals surface area contributed by atoms with Crippen molar-refractivity contribution in [2.45, 2.75) is 6.42 Å². The number of carboxylic acid groups (broad SMARTS) is 1. The van der Waals surface area contributed by atoms with E-state index in [9.17, 15) is 4.79 Å². The van der Waals surface area contributed by atoms with Crippen molar-refractivity contribution in [1.29, 1.82) is 0 Å². The molecule has 2 aromatic rings. The van der Waals surface area contributed by atoms with E-state index in [1.54, 1.807) is 13.3 Å². The maximum absolute atomic E-state index is 10.7. The molecule has 17 heavy (non-hydrogen) atoms. The number of aliphatic carboxylic acids is 1. The second kappa shape index (κ2) is 4.69. The Labute approximate surface area is 98.0 Å². The maximum Gasteiger partial charge on any atom is 0.309 e. The van der Waals surface area contributed by atoms with Crippen LogP contribution >= 0.6 is 0 Å². The summed E-state index contributed by atoms with van der Waals surface area (Å²) in [6.07, 6.45) is 1.56. The number of nitrogens with one attached hydrogen (secondary N) is 1. The van der Waals surface area contributed by atoms with Crippen LogP contribution in [0.4, 0.5) is 0 Å². The first kappa shape index (κ1) is 11.2. The molecule has 0 saturated carbocycles. The average Bonchev–Trinajstić information content (AvgIpc) is 2.76. The quantitative estimate of drug-likeness (QED) is 0.841. The summed E-state index contributed by atoms with van der Waals surface area (Å²) in [5.41, 5.74) is 2.31. The summed E-state index contributed by atoms with van der Waals surface area (Å²) in [5.74, 6) is -0.124. The van der Waals surface area contributed by atoms with Gasteiger partial charge in [0.25, 0.3) is 0 Å². The van der Waals surface area contributed by atoms with Crippen molar-refractivity contribution < 1.29 is 14.6 Å². The second-order valence-electron chi connectivity index (χ2n) is 3.56. The van der Waals surface area contributed by atoms with Crippen molar-refractivity contribution >= 4 is 5.97 Å². The van der Waals surface area contributed by atoms with Crippen LogP contribution in [0.15, 0.2) is 30.5 Å². The van der Waals surface area contributed by atoms with Crippen molar-refractivity contribution in [1.82, 2.24) is 10.2 Å². The van der Waals surface area contributed by atoms with Crippen LogP contribution in [0.25, 0.3) is 11.1 Å². The average molecular weight is 232 g/mol. The molecule has 0 radical (unpaired) electrons. The standard InChI is InChI=1S/C12H12N2O3/c1-17-9-4-2-8(3-5-9)10-7-13-14-11(10)6-12(15)16/h2-5,7H,6H2,1H3,(H,13,14)(H,15,16). The fourth-order valence-corrected chi connectivity index (χ4v) is 1.62. The molecule has 0 bridgehead atoms. The van der Waals surface area contributed by atoms with Crippen LogP contribution in [0.2, 0.25) is 0 Å². The number of nitrogens with zero attached hydrogens (tertiary/aromatic N) is 1. The van der Waals surface area contributed by atoms with Gasteiger partial charge < -0.3 is 9.84 Å². The summed E-state index contributed by atoms with van der Waals surface area (Å²) in [5, 5.41) is 15.3. The summed E-state index contributed by atoms with van der Waals surface area (Å²) in [6, 6.07) is 7.39. The number of carbonyl (C=O) groups is 1. The van der Waals surface area contributed by atoms with E-state index in [0.717, 1.165) is 16.9 Å². The molecule has 1 aromatic carbocycles. The lowest BCUT2D eigenvalue weighted by Crippen LogP contribution is -2.01. The van der Waals surface area contributed by atoms with E-state index in [4.69, 9.17) is 9.84 Å². The third-order valence-corrected chi connectivity index (χ3v) is 2.45. The number of aromatic nitrogens is 2. The number of carboxylic acids is 1. The predicted molar refractivity (Wildman–Crippen MR) is 61.9 cm³/mol. The fraction of sp³-hybridized carbons (Fsp3) is 0.167. The van der Waals surface area contributed by atoms with Crippen LogP contribution in [0.3, 0.4) is 0 Å². The number of benzene rings is 1. The van der Waals surface area contributed by atoms with Crippen LogP contribution in [-0.2, 0) is 11.2 Å². The molecule has 2 N–H and O–H groups in total. The zero-order valence-electron chi connectivity index (χ0n) is 9.30. The topological polar surface area (TPSA) is 75.2 Å². The third-order valence-electron chi connectivity index (χ3n) is 2.45. The molecule has 0 unspecified atom stereocenters. The van der Waals surface area contributed by atoms with Gasteiger partial charge in [0.05, 0.1) is 25.4 Å². The molecular weight excluding hydrogens is 220 g/mol. The van der Waals surface area contributed by atoms with E-state index < -0.39 is 5.97 Å². The molecule has 1 heterocycles. The Kier molecular flexibility index (Phi) is 3.09. The molecule has 0 aliphatic rings. The molecule has 88 valence electrons. The summed E-state index contributed by atoms with van der Waals surface area (Å²) >= 11 is 0. The minimum atomic E-state index is -0.885. The van der Waals surface area contributed by atoms with Gasteiger partial charge in [-0.3, -0.25) is 9.89 Å². The smallest absolute Gasteiger partial charge is 0.309 e. The zero-order valence-corrected chi connectivity index (χ0v) is 9.30. The molecular formula is C12H12N2O3. The van der Waals surface area contributed by atoms with Gasteiger partial charge in [-0.05, 0) is 17.7 Å². The highest BCUT2D eigenvalue weighted by molar-refractivity contribution is 5.75. The highest BCUT2D eigenvalue weighted by atomic mass is 16.5.